The van der Waals surface area contributed by atoms with Crippen LogP contribution in [0.2, 0.25) is 0 Å². The first-order valence-electron chi connectivity index (χ1n) is 5.47. The Kier molecular flexibility index (Phi) is 3.69. The molecule has 1 aliphatic rings. The summed E-state index contributed by atoms with van der Waals surface area (Å²) >= 11 is 0. The molecule has 1 aliphatic heterocycles. The van der Waals surface area contributed by atoms with Gasteiger partial charge in [-0.05, 0) is 31.8 Å². The molecular weight excluding hydrogens is 192 g/mol. The van der Waals surface area contributed by atoms with E-state index in [0.717, 1.165) is 37.9 Å². The minimum atomic E-state index is 0.566. The van der Waals surface area contributed by atoms with Gasteiger partial charge in [0.25, 0.3) is 0 Å². The summed E-state index contributed by atoms with van der Waals surface area (Å²) in [6, 6.07) is 0. The molecule has 1 saturated heterocycles. The lowest BCUT2D eigenvalue weighted by Gasteiger charge is -2.08. The van der Waals surface area contributed by atoms with E-state index in [1.807, 2.05) is 11.6 Å². The van der Waals surface area contributed by atoms with Gasteiger partial charge in [0.1, 0.15) is 12.9 Å². The van der Waals surface area contributed by atoms with Crippen LogP contribution in [0.5, 0.6) is 0 Å². The first-order valence-corrected chi connectivity index (χ1v) is 5.47. The molecule has 0 aliphatic carbocycles. The van der Waals surface area contributed by atoms with Gasteiger partial charge in [0.05, 0.1) is 0 Å². The standard InChI is InChI=1S/C10H18N4O/c1-14-8-12-13-10(14)7-15-5-3-9-2-4-11-6-9/h8-9,11H,2-7H2,1H3. The summed E-state index contributed by atoms with van der Waals surface area (Å²) in [5.74, 6) is 1.68. The van der Waals surface area contributed by atoms with Crippen LogP contribution < -0.4 is 5.32 Å². The topological polar surface area (TPSA) is 52.0 Å². The van der Waals surface area contributed by atoms with E-state index >= 15 is 0 Å². The molecule has 1 atom stereocenters. The Bertz CT molecular complexity index is 293. The van der Waals surface area contributed by atoms with Crippen LogP contribution in [0.4, 0.5) is 0 Å². The molecule has 2 heterocycles. The molecule has 15 heavy (non-hydrogen) atoms. The third-order valence-corrected chi connectivity index (χ3v) is 2.87. The molecule has 1 unspecified atom stereocenters. The zero-order valence-electron chi connectivity index (χ0n) is 9.15. The Labute approximate surface area is 89.8 Å². The first kappa shape index (κ1) is 10.6. The van der Waals surface area contributed by atoms with E-state index in [1.165, 1.54) is 6.42 Å². The van der Waals surface area contributed by atoms with Gasteiger partial charge in [0.15, 0.2) is 5.82 Å². The van der Waals surface area contributed by atoms with Gasteiger partial charge in [-0.3, -0.25) is 0 Å². The van der Waals surface area contributed by atoms with Gasteiger partial charge >= 0.3 is 0 Å². The average molecular weight is 210 g/mol. The molecule has 0 amide bonds. The van der Waals surface area contributed by atoms with Crippen molar-refractivity contribution >= 4 is 0 Å². The Morgan fingerprint density at radius 2 is 2.60 bits per heavy atom. The molecule has 1 N–H and O–H groups in total. The monoisotopic (exact) mass is 210 g/mol. The van der Waals surface area contributed by atoms with Crippen molar-refractivity contribution in [2.45, 2.75) is 19.4 Å². The first-order chi connectivity index (χ1) is 7.36. The molecule has 0 radical (unpaired) electrons. The minimum absolute atomic E-state index is 0.566. The zero-order valence-corrected chi connectivity index (χ0v) is 9.15. The second-order valence-corrected chi connectivity index (χ2v) is 4.06. The summed E-state index contributed by atoms with van der Waals surface area (Å²) < 4.78 is 7.46. The number of rotatable bonds is 5. The molecule has 1 aromatic heterocycles. The molecule has 5 nitrogen and oxygen atoms in total. The van der Waals surface area contributed by atoms with Gasteiger partial charge in [-0.1, -0.05) is 0 Å². The number of nitrogens with zero attached hydrogens (tertiary/aromatic N) is 3. The Morgan fingerprint density at radius 1 is 1.67 bits per heavy atom. The van der Waals surface area contributed by atoms with Crippen LogP contribution in [0.25, 0.3) is 0 Å². The molecule has 5 heteroatoms. The maximum absolute atomic E-state index is 5.57. The van der Waals surface area contributed by atoms with E-state index in [4.69, 9.17) is 4.74 Å². The van der Waals surface area contributed by atoms with E-state index in [2.05, 4.69) is 15.5 Å². The van der Waals surface area contributed by atoms with Crippen LogP contribution >= 0.6 is 0 Å². The quantitative estimate of drug-likeness (QED) is 0.712. The normalized spacial score (nSPS) is 21.0. The van der Waals surface area contributed by atoms with Crippen molar-refractivity contribution in [3.8, 4) is 0 Å². The van der Waals surface area contributed by atoms with Crippen molar-refractivity contribution < 1.29 is 4.74 Å². The lowest BCUT2D eigenvalue weighted by Crippen LogP contribution is -2.11. The van der Waals surface area contributed by atoms with Gasteiger partial charge in [0.2, 0.25) is 0 Å². The number of aryl methyl sites for hydroxylation is 1. The summed E-state index contributed by atoms with van der Waals surface area (Å²) in [5.41, 5.74) is 0. The lowest BCUT2D eigenvalue weighted by atomic mass is 10.1. The maximum atomic E-state index is 5.57. The fourth-order valence-corrected chi connectivity index (χ4v) is 1.81. The van der Waals surface area contributed by atoms with E-state index in [0.29, 0.717) is 6.61 Å². The number of hydrogen-bond donors (Lipinski definition) is 1. The molecule has 0 saturated carbocycles. The van der Waals surface area contributed by atoms with E-state index in [-0.39, 0.29) is 0 Å². The Morgan fingerprint density at radius 3 is 3.27 bits per heavy atom. The average Bonchev–Trinajstić information content (AvgIpc) is 2.85. The van der Waals surface area contributed by atoms with Gasteiger partial charge in [0, 0.05) is 13.7 Å². The fourth-order valence-electron chi connectivity index (χ4n) is 1.81. The summed E-state index contributed by atoms with van der Waals surface area (Å²) in [7, 11) is 1.93. The highest BCUT2D eigenvalue weighted by Crippen LogP contribution is 2.12. The smallest absolute Gasteiger partial charge is 0.158 e. The van der Waals surface area contributed by atoms with E-state index in [1.54, 1.807) is 6.33 Å². The summed E-state index contributed by atoms with van der Waals surface area (Å²) in [5, 5.41) is 11.1. The maximum Gasteiger partial charge on any atom is 0.158 e. The van der Waals surface area contributed by atoms with E-state index in [9.17, 15) is 0 Å². The summed E-state index contributed by atoms with van der Waals surface area (Å²) in [6.07, 6.45) is 4.12. The predicted molar refractivity (Wildman–Crippen MR) is 56.3 cm³/mol. The molecule has 0 spiro atoms. The fraction of sp³-hybridized carbons (Fsp3) is 0.800. The van der Waals surface area contributed by atoms with Gasteiger partial charge in [-0.25, -0.2) is 0 Å². The second-order valence-electron chi connectivity index (χ2n) is 4.06. The van der Waals surface area contributed by atoms with Crippen LogP contribution in [0, 0.1) is 5.92 Å². The van der Waals surface area contributed by atoms with Gasteiger partial charge < -0.3 is 14.6 Å². The summed E-state index contributed by atoms with van der Waals surface area (Å²) in [4.78, 5) is 0. The van der Waals surface area contributed by atoms with Crippen molar-refractivity contribution in [3.63, 3.8) is 0 Å². The number of aromatic nitrogens is 3. The number of hydrogen-bond acceptors (Lipinski definition) is 4. The Hall–Kier alpha value is -0.940. The van der Waals surface area contributed by atoms with Crippen LogP contribution in [0.3, 0.4) is 0 Å². The van der Waals surface area contributed by atoms with Crippen molar-refractivity contribution in [3.05, 3.63) is 12.2 Å². The highest BCUT2D eigenvalue weighted by molar-refractivity contribution is 4.80. The van der Waals surface area contributed by atoms with Gasteiger partial charge in [-0.2, -0.15) is 0 Å². The zero-order chi connectivity index (χ0) is 10.5. The molecule has 2 rings (SSSR count). The Balaban J connectivity index is 1.60. The third kappa shape index (κ3) is 3.00. The lowest BCUT2D eigenvalue weighted by molar-refractivity contribution is 0.102. The van der Waals surface area contributed by atoms with Crippen molar-refractivity contribution in [1.82, 2.24) is 20.1 Å². The highest BCUT2D eigenvalue weighted by Gasteiger charge is 2.13. The molecule has 1 fully saturated rings. The molecule has 84 valence electrons. The predicted octanol–water partition coefficient (Wildman–Crippen LogP) is 0.331. The molecular formula is C10H18N4O. The molecule has 0 bridgehead atoms. The largest absolute Gasteiger partial charge is 0.373 e. The molecule has 1 aromatic rings. The second kappa shape index (κ2) is 5.23. The minimum Gasteiger partial charge on any atom is -0.373 e. The number of nitrogens with one attached hydrogen (secondary N) is 1. The molecule has 0 aromatic carbocycles. The van der Waals surface area contributed by atoms with Crippen molar-refractivity contribution in [2.75, 3.05) is 19.7 Å². The van der Waals surface area contributed by atoms with Crippen molar-refractivity contribution in [1.29, 1.82) is 0 Å². The third-order valence-electron chi connectivity index (χ3n) is 2.87. The van der Waals surface area contributed by atoms with Crippen molar-refractivity contribution in [2.24, 2.45) is 13.0 Å². The van der Waals surface area contributed by atoms with E-state index < -0.39 is 0 Å². The van der Waals surface area contributed by atoms with Crippen LogP contribution in [0.15, 0.2) is 6.33 Å². The van der Waals surface area contributed by atoms with Crippen LogP contribution in [-0.2, 0) is 18.4 Å². The SMILES string of the molecule is Cn1cnnc1COCCC1CCNC1. The number of ether oxygens (including phenoxy) is 1. The van der Waals surface area contributed by atoms with Crippen LogP contribution in [0.1, 0.15) is 18.7 Å². The van der Waals surface area contributed by atoms with Crippen LogP contribution in [-0.4, -0.2) is 34.5 Å². The highest BCUT2D eigenvalue weighted by atomic mass is 16.5. The summed E-state index contributed by atoms with van der Waals surface area (Å²) in [6.45, 7) is 3.69. The van der Waals surface area contributed by atoms with Gasteiger partial charge in [-0.15, -0.1) is 10.2 Å².